The van der Waals surface area contributed by atoms with E-state index < -0.39 is 5.60 Å². The fourth-order valence-electron chi connectivity index (χ4n) is 2.55. The number of hydrogen-bond donors (Lipinski definition) is 2. The average Bonchev–Trinajstić information content (AvgIpc) is 2.46. The van der Waals surface area contributed by atoms with E-state index in [1.807, 2.05) is 43.3 Å². The van der Waals surface area contributed by atoms with E-state index in [0.29, 0.717) is 6.54 Å². The van der Waals surface area contributed by atoms with Crippen molar-refractivity contribution in [1.82, 2.24) is 0 Å². The predicted octanol–water partition coefficient (Wildman–Crippen LogP) is 3.12. The van der Waals surface area contributed by atoms with Crippen LogP contribution in [0.25, 0.3) is 6.08 Å². The summed E-state index contributed by atoms with van der Waals surface area (Å²) in [5, 5.41) is 10.5. The monoisotopic (exact) mass is 275 g/mol. The smallest absolute Gasteiger partial charge is 0.120 e. The van der Waals surface area contributed by atoms with Crippen molar-refractivity contribution in [2.75, 3.05) is 6.54 Å². The number of rotatable bonds is 5. The average molecular weight is 275 g/mol. The molecule has 3 N–H and O–H groups in total. The fraction of sp³-hybridized carbons (Fsp3) is 0.529. The molecule has 0 radical (unpaired) electrons. The lowest BCUT2D eigenvalue weighted by atomic mass is 9.84. The van der Waals surface area contributed by atoms with Crippen molar-refractivity contribution in [2.45, 2.75) is 50.7 Å². The van der Waals surface area contributed by atoms with Crippen LogP contribution in [0.5, 0.6) is 5.75 Å². The first-order valence-electron chi connectivity index (χ1n) is 7.50. The maximum atomic E-state index is 10.5. The van der Waals surface area contributed by atoms with Crippen LogP contribution in [-0.2, 0) is 0 Å². The van der Waals surface area contributed by atoms with Crippen molar-refractivity contribution in [3.8, 4) is 5.75 Å². The lowest BCUT2D eigenvalue weighted by Crippen LogP contribution is -2.28. The molecule has 20 heavy (non-hydrogen) atoms. The minimum atomic E-state index is -0.625. The SMILES string of the molecule is C[C@@H](CN)Oc1cccc(C=CC2(O)CCCCC2)c1. The molecule has 1 atom stereocenters. The van der Waals surface area contributed by atoms with Gasteiger partial charge in [-0.15, -0.1) is 0 Å². The minimum absolute atomic E-state index is 0.0109. The Kier molecular flexibility index (Phi) is 5.21. The van der Waals surface area contributed by atoms with Gasteiger partial charge in [-0.3, -0.25) is 0 Å². The highest BCUT2D eigenvalue weighted by Crippen LogP contribution is 2.30. The lowest BCUT2D eigenvalue weighted by Gasteiger charge is -2.28. The highest BCUT2D eigenvalue weighted by atomic mass is 16.5. The van der Waals surface area contributed by atoms with Gasteiger partial charge in [-0.1, -0.05) is 43.5 Å². The third kappa shape index (κ3) is 4.36. The van der Waals surface area contributed by atoms with Crippen molar-refractivity contribution >= 4 is 6.08 Å². The number of aliphatic hydroxyl groups is 1. The van der Waals surface area contributed by atoms with E-state index in [1.54, 1.807) is 0 Å². The number of hydrogen-bond acceptors (Lipinski definition) is 3. The van der Waals surface area contributed by atoms with Gasteiger partial charge in [-0.2, -0.15) is 0 Å². The van der Waals surface area contributed by atoms with Crippen LogP contribution in [0, 0.1) is 0 Å². The summed E-state index contributed by atoms with van der Waals surface area (Å²) < 4.78 is 5.70. The molecule has 1 aromatic carbocycles. The summed E-state index contributed by atoms with van der Waals surface area (Å²) in [6, 6.07) is 7.89. The van der Waals surface area contributed by atoms with Crippen LogP contribution < -0.4 is 10.5 Å². The van der Waals surface area contributed by atoms with E-state index in [4.69, 9.17) is 10.5 Å². The van der Waals surface area contributed by atoms with Gasteiger partial charge in [0.25, 0.3) is 0 Å². The predicted molar refractivity (Wildman–Crippen MR) is 82.7 cm³/mol. The molecule has 0 spiro atoms. The zero-order chi connectivity index (χ0) is 14.4. The highest BCUT2D eigenvalue weighted by Gasteiger charge is 2.25. The third-order valence-corrected chi connectivity index (χ3v) is 3.83. The molecule has 0 bridgehead atoms. The Morgan fingerprint density at radius 2 is 2.10 bits per heavy atom. The normalized spacial score (nSPS) is 19.9. The van der Waals surface area contributed by atoms with Gasteiger partial charge < -0.3 is 15.6 Å². The van der Waals surface area contributed by atoms with E-state index in [1.165, 1.54) is 6.42 Å². The molecule has 0 heterocycles. The second kappa shape index (κ2) is 6.91. The van der Waals surface area contributed by atoms with E-state index >= 15 is 0 Å². The van der Waals surface area contributed by atoms with E-state index in [9.17, 15) is 5.11 Å². The Labute approximate surface area is 121 Å². The molecule has 0 amide bonds. The van der Waals surface area contributed by atoms with Crippen LogP contribution in [0.15, 0.2) is 30.3 Å². The molecule has 110 valence electrons. The van der Waals surface area contributed by atoms with Crippen LogP contribution >= 0.6 is 0 Å². The molecule has 1 aliphatic carbocycles. The van der Waals surface area contributed by atoms with Gasteiger partial charge in [-0.25, -0.2) is 0 Å². The molecular weight excluding hydrogens is 250 g/mol. The molecule has 1 saturated carbocycles. The maximum absolute atomic E-state index is 10.5. The lowest BCUT2D eigenvalue weighted by molar-refractivity contribution is 0.0521. The molecule has 3 nitrogen and oxygen atoms in total. The summed E-state index contributed by atoms with van der Waals surface area (Å²) >= 11 is 0. The van der Waals surface area contributed by atoms with Gasteiger partial charge in [0.2, 0.25) is 0 Å². The first-order chi connectivity index (χ1) is 9.61. The largest absolute Gasteiger partial charge is 0.489 e. The first kappa shape index (κ1) is 15.1. The van der Waals surface area contributed by atoms with Gasteiger partial charge in [0.05, 0.1) is 5.60 Å². The Hall–Kier alpha value is -1.32. The summed E-state index contributed by atoms with van der Waals surface area (Å²) in [7, 11) is 0. The summed E-state index contributed by atoms with van der Waals surface area (Å²) in [5.41, 5.74) is 5.98. The van der Waals surface area contributed by atoms with E-state index in [-0.39, 0.29) is 6.10 Å². The maximum Gasteiger partial charge on any atom is 0.120 e. The topological polar surface area (TPSA) is 55.5 Å². The Bertz CT molecular complexity index is 450. The van der Waals surface area contributed by atoms with Crippen molar-refractivity contribution < 1.29 is 9.84 Å². The zero-order valence-corrected chi connectivity index (χ0v) is 12.2. The van der Waals surface area contributed by atoms with Gasteiger partial charge in [0.1, 0.15) is 11.9 Å². The minimum Gasteiger partial charge on any atom is -0.489 e. The van der Waals surface area contributed by atoms with Gasteiger partial charge >= 0.3 is 0 Å². The van der Waals surface area contributed by atoms with Crippen molar-refractivity contribution in [3.05, 3.63) is 35.9 Å². The molecule has 0 unspecified atom stereocenters. The molecule has 1 fully saturated rings. The first-order valence-corrected chi connectivity index (χ1v) is 7.50. The molecule has 2 rings (SSSR count). The Morgan fingerprint density at radius 1 is 1.35 bits per heavy atom. The van der Waals surface area contributed by atoms with Crippen LogP contribution in [0.3, 0.4) is 0 Å². The molecule has 1 aromatic rings. The molecule has 0 aromatic heterocycles. The molecule has 1 aliphatic rings. The molecule has 0 aliphatic heterocycles. The zero-order valence-electron chi connectivity index (χ0n) is 12.2. The van der Waals surface area contributed by atoms with E-state index in [0.717, 1.165) is 37.0 Å². The Morgan fingerprint density at radius 3 is 2.80 bits per heavy atom. The van der Waals surface area contributed by atoms with Gasteiger partial charge in [0, 0.05) is 6.54 Å². The number of ether oxygens (including phenoxy) is 1. The molecular formula is C17H25NO2. The third-order valence-electron chi connectivity index (χ3n) is 3.83. The summed E-state index contributed by atoms with van der Waals surface area (Å²) in [5.74, 6) is 0.820. The standard InChI is InChI=1S/C17H25NO2/c1-14(13-18)20-16-7-5-6-15(12-16)8-11-17(19)9-3-2-4-10-17/h5-8,11-12,14,19H,2-4,9-10,13,18H2,1H3/t14-/m0/s1. The van der Waals surface area contributed by atoms with Crippen LogP contribution in [-0.4, -0.2) is 23.4 Å². The van der Waals surface area contributed by atoms with Crippen molar-refractivity contribution in [1.29, 1.82) is 0 Å². The highest BCUT2D eigenvalue weighted by molar-refractivity contribution is 5.53. The Balaban J connectivity index is 2.03. The van der Waals surface area contributed by atoms with Crippen molar-refractivity contribution in [3.63, 3.8) is 0 Å². The second-order valence-electron chi connectivity index (χ2n) is 5.73. The van der Waals surface area contributed by atoms with Gasteiger partial charge in [-0.05, 0) is 37.5 Å². The summed E-state index contributed by atoms with van der Waals surface area (Å²) in [4.78, 5) is 0. The van der Waals surface area contributed by atoms with Crippen LogP contribution in [0.2, 0.25) is 0 Å². The second-order valence-corrected chi connectivity index (χ2v) is 5.73. The summed E-state index contributed by atoms with van der Waals surface area (Å²) in [6.45, 7) is 2.45. The van der Waals surface area contributed by atoms with Crippen LogP contribution in [0.1, 0.15) is 44.6 Å². The quantitative estimate of drug-likeness (QED) is 0.868. The van der Waals surface area contributed by atoms with E-state index in [2.05, 4.69) is 0 Å². The fourth-order valence-corrected chi connectivity index (χ4v) is 2.55. The number of nitrogens with two attached hydrogens (primary N) is 1. The molecule has 3 heteroatoms. The number of benzene rings is 1. The van der Waals surface area contributed by atoms with Gasteiger partial charge in [0.15, 0.2) is 0 Å². The van der Waals surface area contributed by atoms with Crippen LogP contribution in [0.4, 0.5) is 0 Å². The molecule has 0 saturated heterocycles. The van der Waals surface area contributed by atoms with Crippen molar-refractivity contribution in [2.24, 2.45) is 5.73 Å². The summed E-state index contributed by atoms with van der Waals surface area (Å²) in [6.07, 6.45) is 9.13.